The minimum atomic E-state index is -0.570. The number of halogens is 1. The van der Waals surface area contributed by atoms with Crippen LogP contribution in [0.2, 0.25) is 0 Å². The van der Waals surface area contributed by atoms with Gasteiger partial charge in [0.15, 0.2) is 0 Å². The van der Waals surface area contributed by atoms with E-state index in [-0.39, 0.29) is 18.0 Å². The maximum atomic E-state index is 13.5. The van der Waals surface area contributed by atoms with Crippen molar-refractivity contribution in [2.75, 3.05) is 25.0 Å². The average Bonchev–Trinajstić information content (AvgIpc) is 2.88. The first-order valence-corrected chi connectivity index (χ1v) is 13.6. The molecule has 5 nitrogen and oxygen atoms in total. The van der Waals surface area contributed by atoms with Crippen LogP contribution >= 0.6 is 0 Å². The van der Waals surface area contributed by atoms with E-state index in [0.29, 0.717) is 13.1 Å². The number of nitrogens with zero attached hydrogens (tertiary/aromatic N) is 2. The molecule has 0 radical (unpaired) electrons. The van der Waals surface area contributed by atoms with Gasteiger partial charge in [0, 0.05) is 44.5 Å². The van der Waals surface area contributed by atoms with E-state index in [9.17, 15) is 9.18 Å². The molecule has 0 fully saturated rings. The average molecular weight is 518 g/mol. The van der Waals surface area contributed by atoms with Gasteiger partial charge >= 0.3 is 6.09 Å². The topological polar surface area (TPSA) is 44.8 Å². The largest absolute Gasteiger partial charge is 0.444 e. The van der Waals surface area contributed by atoms with E-state index in [1.54, 1.807) is 0 Å². The molecule has 1 heterocycles. The molecule has 1 amide bonds. The molecule has 0 aromatic heterocycles. The second kappa shape index (κ2) is 12.4. The zero-order valence-corrected chi connectivity index (χ0v) is 23.0. The van der Waals surface area contributed by atoms with Crippen molar-refractivity contribution in [1.82, 2.24) is 9.80 Å². The van der Waals surface area contributed by atoms with Crippen LogP contribution in [0.15, 0.2) is 72.8 Å². The Kier molecular flexibility index (Phi) is 9.05. The molecule has 1 N–H and O–H groups in total. The highest BCUT2D eigenvalue weighted by molar-refractivity contribution is 5.68. The van der Waals surface area contributed by atoms with Gasteiger partial charge in [-0.3, -0.25) is 4.90 Å². The van der Waals surface area contributed by atoms with E-state index in [1.807, 2.05) is 49.9 Å². The highest BCUT2D eigenvalue weighted by Crippen LogP contribution is 2.26. The maximum absolute atomic E-state index is 13.5. The number of fused-ring (bicyclic) bond motifs is 1. The number of hydrogen-bond acceptors (Lipinski definition) is 4. The van der Waals surface area contributed by atoms with Gasteiger partial charge in [-0.05, 0) is 87.1 Å². The molecule has 3 aromatic rings. The standard InChI is InChI=1S/C32H40FN3O2/c1-5-34-29-16-12-25(13-17-29)22-36(31(37)38-32(2,3)4)19-18-35-23-27-9-7-6-8-26(27)21-30(35)20-24-10-14-28(33)15-11-24/h6-17,30,34H,5,18-23H2,1-4H3. The van der Waals surface area contributed by atoms with Crippen molar-refractivity contribution in [2.24, 2.45) is 0 Å². The molecule has 0 spiro atoms. The van der Waals surface area contributed by atoms with Crippen LogP contribution < -0.4 is 5.32 Å². The second-order valence-corrected chi connectivity index (χ2v) is 11.1. The predicted molar refractivity (Wildman–Crippen MR) is 152 cm³/mol. The Labute approximate surface area is 226 Å². The van der Waals surface area contributed by atoms with Crippen molar-refractivity contribution in [2.45, 2.75) is 65.3 Å². The summed E-state index contributed by atoms with van der Waals surface area (Å²) in [6.45, 7) is 11.2. The number of anilines is 1. The van der Waals surface area contributed by atoms with Gasteiger partial charge in [0.05, 0.1) is 0 Å². The first-order valence-electron chi connectivity index (χ1n) is 13.6. The summed E-state index contributed by atoms with van der Waals surface area (Å²) in [7, 11) is 0. The van der Waals surface area contributed by atoms with Crippen LogP contribution in [0.1, 0.15) is 49.9 Å². The summed E-state index contributed by atoms with van der Waals surface area (Å²) in [6, 6.07) is 23.8. The van der Waals surface area contributed by atoms with Crippen molar-refractivity contribution < 1.29 is 13.9 Å². The molecule has 1 unspecified atom stereocenters. The van der Waals surface area contributed by atoms with E-state index in [2.05, 4.69) is 53.5 Å². The van der Waals surface area contributed by atoms with E-state index < -0.39 is 5.60 Å². The molecular weight excluding hydrogens is 477 g/mol. The summed E-state index contributed by atoms with van der Waals surface area (Å²) in [5, 5.41) is 3.31. The summed E-state index contributed by atoms with van der Waals surface area (Å²) < 4.78 is 19.3. The lowest BCUT2D eigenvalue weighted by Gasteiger charge is -2.38. The number of rotatable bonds is 9. The first kappa shape index (κ1) is 27.6. The van der Waals surface area contributed by atoms with Crippen molar-refractivity contribution in [3.63, 3.8) is 0 Å². The SMILES string of the molecule is CCNc1ccc(CN(CCN2Cc3ccccc3CC2Cc2ccc(F)cc2)C(=O)OC(C)(C)C)cc1. The molecule has 202 valence electrons. The number of amides is 1. The molecule has 0 saturated heterocycles. The third-order valence-electron chi connectivity index (χ3n) is 6.87. The smallest absolute Gasteiger partial charge is 0.410 e. The van der Waals surface area contributed by atoms with Crippen LogP contribution in [0, 0.1) is 5.82 Å². The van der Waals surface area contributed by atoms with Crippen molar-refractivity contribution in [3.05, 3.63) is 101 Å². The zero-order chi connectivity index (χ0) is 27.1. The fraction of sp³-hybridized carbons (Fsp3) is 0.406. The second-order valence-electron chi connectivity index (χ2n) is 11.1. The Morgan fingerprint density at radius 2 is 1.66 bits per heavy atom. The van der Waals surface area contributed by atoms with Crippen molar-refractivity contribution in [3.8, 4) is 0 Å². The number of ether oxygens (including phenoxy) is 1. The predicted octanol–water partition coefficient (Wildman–Crippen LogP) is 6.66. The van der Waals surface area contributed by atoms with Gasteiger partial charge in [-0.1, -0.05) is 48.5 Å². The van der Waals surface area contributed by atoms with E-state index in [4.69, 9.17) is 4.74 Å². The molecule has 1 atom stereocenters. The minimum Gasteiger partial charge on any atom is -0.444 e. The Hall–Kier alpha value is -3.38. The van der Waals surface area contributed by atoms with Gasteiger partial charge in [0.2, 0.25) is 0 Å². The van der Waals surface area contributed by atoms with Crippen LogP contribution in [0.4, 0.5) is 14.9 Å². The van der Waals surface area contributed by atoms with Crippen molar-refractivity contribution in [1.29, 1.82) is 0 Å². The molecule has 6 heteroatoms. The van der Waals surface area contributed by atoms with Crippen LogP contribution in [0.25, 0.3) is 0 Å². The third-order valence-corrected chi connectivity index (χ3v) is 6.87. The number of benzene rings is 3. The Bertz CT molecular complexity index is 1190. The highest BCUT2D eigenvalue weighted by atomic mass is 19.1. The van der Waals surface area contributed by atoms with Crippen molar-refractivity contribution >= 4 is 11.8 Å². The Morgan fingerprint density at radius 1 is 1.00 bits per heavy atom. The van der Waals surface area contributed by atoms with Crippen LogP contribution in [0.5, 0.6) is 0 Å². The lowest BCUT2D eigenvalue weighted by molar-refractivity contribution is 0.0198. The van der Waals surface area contributed by atoms with E-state index in [1.165, 1.54) is 23.3 Å². The molecule has 0 saturated carbocycles. The summed E-state index contributed by atoms with van der Waals surface area (Å²) >= 11 is 0. The first-order chi connectivity index (χ1) is 18.2. The lowest BCUT2D eigenvalue weighted by Crippen LogP contribution is -2.47. The third kappa shape index (κ3) is 7.81. The van der Waals surface area contributed by atoms with Crippen LogP contribution in [-0.4, -0.2) is 47.2 Å². The van der Waals surface area contributed by atoms with E-state index in [0.717, 1.165) is 49.3 Å². The van der Waals surface area contributed by atoms with Gasteiger partial charge in [0.25, 0.3) is 0 Å². The number of hydrogen-bond donors (Lipinski definition) is 1. The van der Waals surface area contributed by atoms with E-state index >= 15 is 0 Å². The van der Waals surface area contributed by atoms with Crippen LogP contribution in [0.3, 0.4) is 0 Å². The number of nitrogens with one attached hydrogen (secondary N) is 1. The molecule has 38 heavy (non-hydrogen) atoms. The zero-order valence-electron chi connectivity index (χ0n) is 23.0. The van der Waals surface area contributed by atoms with Gasteiger partial charge < -0.3 is 15.0 Å². The number of carbonyl (C=O) groups excluding carboxylic acids is 1. The summed E-state index contributed by atoms with van der Waals surface area (Å²) in [4.78, 5) is 17.5. The monoisotopic (exact) mass is 517 g/mol. The molecule has 4 rings (SSSR count). The van der Waals surface area contributed by atoms with Gasteiger partial charge in [0.1, 0.15) is 11.4 Å². The highest BCUT2D eigenvalue weighted by Gasteiger charge is 2.28. The van der Waals surface area contributed by atoms with Crippen LogP contribution in [-0.2, 0) is 30.7 Å². The summed E-state index contributed by atoms with van der Waals surface area (Å²) in [6.07, 6.45) is 1.44. The fourth-order valence-corrected chi connectivity index (χ4v) is 4.96. The molecule has 1 aliphatic heterocycles. The molecule has 0 bridgehead atoms. The normalized spacial score (nSPS) is 15.6. The lowest BCUT2D eigenvalue weighted by atomic mass is 9.90. The molecule has 3 aromatic carbocycles. The Morgan fingerprint density at radius 3 is 2.32 bits per heavy atom. The molecular formula is C32H40FN3O2. The quantitative estimate of drug-likeness (QED) is 0.345. The fourth-order valence-electron chi connectivity index (χ4n) is 4.96. The molecule has 0 aliphatic carbocycles. The minimum absolute atomic E-state index is 0.217. The van der Waals surface area contributed by atoms with Gasteiger partial charge in [-0.2, -0.15) is 0 Å². The summed E-state index contributed by atoms with van der Waals surface area (Å²) in [5.41, 5.74) is 5.36. The Balaban J connectivity index is 1.51. The number of carbonyl (C=O) groups is 1. The maximum Gasteiger partial charge on any atom is 0.410 e. The van der Waals surface area contributed by atoms with Gasteiger partial charge in [-0.25, -0.2) is 9.18 Å². The van der Waals surface area contributed by atoms with Gasteiger partial charge in [-0.15, -0.1) is 0 Å². The molecule has 1 aliphatic rings. The summed E-state index contributed by atoms with van der Waals surface area (Å²) in [5.74, 6) is -0.217.